The predicted octanol–water partition coefficient (Wildman–Crippen LogP) is 6.29. The number of rotatable bonds is 8. The lowest BCUT2D eigenvalue weighted by Gasteiger charge is -2.38. The van der Waals surface area contributed by atoms with E-state index < -0.39 is 5.41 Å². The van der Waals surface area contributed by atoms with Gasteiger partial charge in [0.1, 0.15) is 12.4 Å². The average molecular weight is 425 g/mol. The van der Waals surface area contributed by atoms with Crippen molar-refractivity contribution in [3.05, 3.63) is 65.7 Å². The van der Waals surface area contributed by atoms with Crippen LogP contribution in [0.5, 0.6) is 5.75 Å². The van der Waals surface area contributed by atoms with Crippen molar-refractivity contribution in [2.45, 2.75) is 71.0 Å². The molecule has 4 heteroatoms. The third-order valence-electron chi connectivity index (χ3n) is 6.47. The Morgan fingerprint density at radius 2 is 1.61 bits per heavy atom. The van der Waals surface area contributed by atoms with E-state index in [4.69, 9.17) is 14.2 Å². The van der Waals surface area contributed by atoms with Crippen LogP contribution in [0.3, 0.4) is 0 Å². The maximum atomic E-state index is 12.3. The van der Waals surface area contributed by atoms with Gasteiger partial charge in [-0.1, -0.05) is 75.2 Å². The highest BCUT2D eigenvalue weighted by Crippen LogP contribution is 2.45. The number of carbonyl (C=O) groups is 1. The Hall–Kier alpha value is -2.33. The SMILES string of the molecule is CC.COC(=O)C1(COC2CC(c3ccccc3OCc3ccccc3)C2)CCCC1. The largest absolute Gasteiger partial charge is 0.489 e. The van der Waals surface area contributed by atoms with Crippen molar-refractivity contribution in [2.75, 3.05) is 13.7 Å². The molecule has 2 fully saturated rings. The number of hydrogen-bond acceptors (Lipinski definition) is 4. The molecule has 4 rings (SSSR count). The number of methoxy groups -OCH3 is 1. The van der Waals surface area contributed by atoms with Crippen LogP contribution >= 0.6 is 0 Å². The van der Waals surface area contributed by atoms with Crippen LogP contribution in [0.1, 0.15) is 69.4 Å². The van der Waals surface area contributed by atoms with Crippen LogP contribution in [0.25, 0.3) is 0 Å². The van der Waals surface area contributed by atoms with Crippen molar-refractivity contribution in [1.82, 2.24) is 0 Å². The minimum Gasteiger partial charge on any atom is -0.489 e. The molecule has 0 unspecified atom stereocenters. The van der Waals surface area contributed by atoms with E-state index in [-0.39, 0.29) is 12.1 Å². The smallest absolute Gasteiger partial charge is 0.314 e. The van der Waals surface area contributed by atoms with Crippen molar-refractivity contribution >= 4 is 5.97 Å². The van der Waals surface area contributed by atoms with Crippen LogP contribution in [0, 0.1) is 5.41 Å². The molecule has 2 aromatic carbocycles. The van der Waals surface area contributed by atoms with Gasteiger partial charge in [-0.05, 0) is 48.8 Å². The summed E-state index contributed by atoms with van der Waals surface area (Å²) < 4.78 is 17.3. The van der Waals surface area contributed by atoms with E-state index in [1.165, 1.54) is 18.2 Å². The summed E-state index contributed by atoms with van der Waals surface area (Å²) in [4.78, 5) is 12.3. The molecule has 0 bridgehead atoms. The Bertz CT molecular complexity index is 805. The molecule has 0 atom stereocenters. The van der Waals surface area contributed by atoms with Crippen LogP contribution in [0.15, 0.2) is 54.6 Å². The highest BCUT2D eigenvalue weighted by Gasteiger charge is 2.44. The molecule has 0 amide bonds. The third kappa shape index (κ3) is 5.68. The molecule has 0 saturated heterocycles. The Balaban J connectivity index is 0.00000132. The van der Waals surface area contributed by atoms with E-state index in [0.717, 1.165) is 44.3 Å². The van der Waals surface area contributed by atoms with E-state index >= 15 is 0 Å². The fourth-order valence-corrected chi connectivity index (χ4v) is 4.59. The number of esters is 1. The highest BCUT2D eigenvalue weighted by molar-refractivity contribution is 5.77. The van der Waals surface area contributed by atoms with Gasteiger partial charge in [0.2, 0.25) is 0 Å². The molecular formula is C27H36O4. The van der Waals surface area contributed by atoms with E-state index in [9.17, 15) is 4.79 Å². The van der Waals surface area contributed by atoms with E-state index in [2.05, 4.69) is 30.3 Å². The van der Waals surface area contributed by atoms with Crippen molar-refractivity contribution < 1.29 is 19.0 Å². The average Bonchev–Trinajstić information content (AvgIpc) is 3.29. The third-order valence-corrected chi connectivity index (χ3v) is 6.47. The maximum Gasteiger partial charge on any atom is 0.314 e. The van der Waals surface area contributed by atoms with E-state index in [0.29, 0.717) is 19.1 Å². The summed E-state index contributed by atoms with van der Waals surface area (Å²) in [5, 5.41) is 0. The van der Waals surface area contributed by atoms with Gasteiger partial charge in [0.25, 0.3) is 0 Å². The minimum absolute atomic E-state index is 0.106. The lowest BCUT2D eigenvalue weighted by atomic mass is 9.77. The van der Waals surface area contributed by atoms with Gasteiger partial charge in [-0.15, -0.1) is 0 Å². The number of hydrogen-bond donors (Lipinski definition) is 0. The second-order valence-corrected chi connectivity index (χ2v) is 8.39. The summed E-state index contributed by atoms with van der Waals surface area (Å²) in [6, 6.07) is 18.5. The summed E-state index contributed by atoms with van der Waals surface area (Å²) in [6.45, 7) is 5.06. The first-order valence-corrected chi connectivity index (χ1v) is 11.7. The maximum absolute atomic E-state index is 12.3. The lowest BCUT2D eigenvalue weighted by molar-refractivity contribution is -0.159. The van der Waals surface area contributed by atoms with Gasteiger partial charge < -0.3 is 14.2 Å². The van der Waals surface area contributed by atoms with Crippen LogP contribution in [-0.2, 0) is 20.9 Å². The molecule has 2 saturated carbocycles. The molecule has 168 valence electrons. The van der Waals surface area contributed by atoms with Gasteiger partial charge in [0.15, 0.2) is 0 Å². The Labute approximate surface area is 186 Å². The molecule has 0 radical (unpaired) electrons. The molecule has 0 aliphatic heterocycles. The van der Waals surface area contributed by atoms with E-state index in [1.54, 1.807) is 0 Å². The number of para-hydroxylation sites is 1. The van der Waals surface area contributed by atoms with Gasteiger partial charge in [-0.25, -0.2) is 0 Å². The fraction of sp³-hybridized carbons (Fsp3) is 0.519. The van der Waals surface area contributed by atoms with Gasteiger partial charge in [-0.3, -0.25) is 4.79 Å². The molecule has 2 aliphatic rings. The molecule has 2 aromatic rings. The number of benzene rings is 2. The van der Waals surface area contributed by atoms with Crippen molar-refractivity contribution in [3.8, 4) is 5.75 Å². The van der Waals surface area contributed by atoms with Gasteiger partial charge in [0.05, 0.1) is 25.2 Å². The van der Waals surface area contributed by atoms with Crippen LogP contribution in [-0.4, -0.2) is 25.8 Å². The molecule has 0 aromatic heterocycles. The molecule has 2 aliphatic carbocycles. The monoisotopic (exact) mass is 424 g/mol. The Morgan fingerprint density at radius 1 is 0.968 bits per heavy atom. The minimum atomic E-state index is -0.420. The molecule has 4 nitrogen and oxygen atoms in total. The molecule has 0 N–H and O–H groups in total. The lowest BCUT2D eigenvalue weighted by Crippen LogP contribution is -2.39. The topological polar surface area (TPSA) is 44.8 Å². The summed E-state index contributed by atoms with van der Waals surface area (Å²) in [6.07, 6.45) is 6.09. The zero-order valence-electron chi connectivity index (χ0n) is 19.1. The Kier molecular flexibility index (Phi) is 8.53. The Morgan fingerprint density at radius 3 is 2.29 bits per heavy atom. The highest BCUT2D eigenvalue weighted by atomic mass is 16.5. The summed E-state index contributed by atoms with van der Waals surface area (Å²) in [5.41, 5.74) is 2.00. The summed E-state index contributed by atoms with van der Waals surface area (Å²) in [5.74, 6) is 1.30. The number of ether oxygens (including phenoxy) is 3. The zero-order chi connectivity index (χ0) is 22.1. The molecule has 31 heavy (non-hydrogen) atoms. The molecule has 0 spiro atoms. The van der Waals surface area contributed by atoms with Gasteiger partial charge in [0, 0.05) is 0 Å². The van der Waals surface area contributed by atoms with Crippen LogP contribution < -0.4 is 4.74 Å². The summed E-state index contributed by atoms with van der Waals surface area (Å²) >= 11 is 0. The first-order valence-electron chi connectivity index (χ1n) is 11.7. The first-order chi connectivity index (χ1) is 15.2. The van der Waals surface area contributed by atoms with Crippen molar-refractivity contribution in [2.24, 2.45) is 5.41 Å². The van der Waals surface area contributed by atoms with Crippen LogP contribution in [0.4, 0.5) is 0 Å². The second kappa shape index (κ2) is 11.3. The second-order valence-electron chi connectivity index (χ2n) is 8.39. The first kappa shape index (κ1) is 23.3. The molecule has 0 heterocycles. The predicted molar refractivity (Wildman–Crippen MR) is 123 cm³/mol. The van der Waals surface area contributed by atoms with Crippen molar-refractivity contribution in [3.63, 3.8) is 0 Å². The molecular weight excluding hydrogens is 388 g/mol. The number of carbonyl (C=O) groups excluding carboxylic acids is 1. The zero-order valence-corrected chi connectivity index (χ0v) is 19.1. The van der Waals surface area contributed by atoms with E-state index in [1.807, 2.05) is 38.1 Å². The quantitative estimate of drug-likeness (QED) is 0.467. The normalized spacial score (nSPS) is 21.4. The van der Waals surface area contributed by atoms with Gasteiger partial charge in [-0.2, -0.15) is 0 Å². The standard InChI is InChI=1S/C25H30O4.C2H6/c1-27-24(26)25(13-7-8-14-25)18-29-21-15-20(16-21)22-11-5-6-12-23(22)28-17-19-9-3-2-4-10-19;1-2/h2-6,9-12,20-21H,7-8,13-18H2,1H3;1-2H3. The van der Waals surface area contributed by atoms with Crippen LogP contribution in [0.2, 0.25) is 0 Å². The van der Waals surface area contributed by atoms with Crippen molar-refractivity contribution in [1.29, 1.82) is 0 Å². The fourth-order valence-electron chi connectivity index (χ4n) is 4.59. The van der Waals surface area contributed by atoms with Gasteiger partial charge >= 0.3 is 5.97 Å². The summed E-state index contributed by atoms with van der Waals surface area (Å²) in [7, 11) is 1.48.